The van der Waals surface area contributed by atoms with Gasteiger partial charge >= 0.3 is 11.9 Å². The Labute approximate surface area is 95.6 Å². The van der Waals surface area contributed by atoms with E-state index in [0.29, 0.717) is 18.1 Å². The molecule has 4 heteroatoms. The normalized spacial score (nSPS) is 21.1. The number of carbonyl (C=O) groups is 2. The molecule has 0 saturated heterocycles. The Hall–Kier alpha value is -1.58. The van der Waals surface area contributed by atoms with Crippen LogP contribution < -0.4 is 0 Å². The van der Waals surface area contributed by atoms with Crippen LogP contribution in [0.4, 0.5) is 0 Å². The zero-order valence-electron chi connectivity index (χ0n) is 9.73. The van der Waals surface area contributed by atoms with Gasteiger partial charge in [0.05, 0.1) is 6.61 Å². The molecule has 1 N–H and O–H groups in total. The lowest BCUT2D eigenvalue weighted by molar-refractivity contribution is -0.137. The van der Waals surface area contributed by atoms with E-state index in [-0.39, 0.29) is 11.9 Å². The lowest BCUT2D eigenvalue weighted by Crippen LogP contribution is -2.00. The molecule has 1 aliphatic rings. The van der Waals surface area contributed by atoms with Gasteiger partial charge in [-0.05, 0) is 25.2 Å². The second-order valence-electron chi connectivity index (χ2n) is 3.61. The summed E-state index contributed by atoms with van der Waals surface area (Å²) in [6.45, 7) is 10.9. The average molecular weight is 226 g/mol. The lowest BCUT2D eigenvalue weighted by atomic mass is 10.2. The zero-order chi connectivity index (χ0) is 12.7. The minimum Gasteiger partial charge on any atom is -0.478 e. The van der Waals surface area contributed by atoms with Crippen LogP contribution in [0.2, 0.25) is 0 Å². The summed E-state index contributed by atoms with van der Waals surface area (Å²) in [5.41, 5.74) is 0.377. The molecule has 4 nitrogen and oxygen atoms in total. The summed E-state index contributed by atoms with van der Waals surface area (Å²) in [5.74, 6) is -0.386. The summed E-state index contributed by atoms with van der Waals surface area (Å²) in [6, 6.07) is 0. The van der Waals surface area contributed by atoms with E-state index in [0.717, 1.165) is 12.5 Å². The largest absolute Gasteiger partial charge is 0.478 e. The molecule has 1 aliphatic carbocycles. The molecule has 0 bridgehead atoms. The van der Waals surface area contributed by atoms with Crippen molar-refractivity contribution in [1.29, 1.82) is 0 Å². The molecule has 2 atom stereocenters. The van der Waals surface area contributed by atoms with Crippen LogP contribution in [0.25, 0.3) is 0 Å². The van der Waals surface area contributed by atoms with Crippen molar-refractivity contribution in [2.24, 2.45) is 11.8 Å². The highest BCUT2D eigenvalue weighted by atomic mass is 16.5. The van der Waals surface area contributed by atoms with Crippen molar-refractivity contribution in [3.8, 4) is 0 Å². The van der Waals surface area contributed by atoms with Crippen molar-refractivity contribution in [3.63, 3.8) is 0 Å². The van der Waals surface area contributed by atoms with E-state index >= 15 is 0 Å². The number of hydrogen-bond acceptors (Lipinski definition) is 3. The topological polar surface area (TPSA) is 63.6 Å². The summed E-state index contributed by atoms with van der Waals surface area (Å²) in [7, 11) is 0. The SMILES string of the molecule is C=C(C(=O)O)C1CC1C.C=CC(=O)OCC. The van der Waals surface area contributed by atoms with Gasteiger partial charge in [0.15, 0.2) is 0 Å². The quantitative estimate of drug-likeness (QED) is 0.588. The molecule has 0 heterocycles. The predicted molar refractivity (Wildman–Crippen MR) is 60.9 cm³/mol. The summed E-state index contributed by atoms with van der Waals surface area (Å²) in [6.07, 6.45) is 2.15. The highest BCUT2D eigenvalue weighted by Crippen LogP contribution is 2.42. The van der Waals surface area contributed by atoms with E-state index in [9.17, 15) is 9.59 Å². The Balaban J connectivity index is 0.000000293. The number of aliphatic carboxylic acids is 1. The van der Waals surface area contributed by atoms with Crippen molar-refractivity contribution in [2.75, 3.05) is 6.61 Å². The Bertz CT molecular complexity index is 293. The fraction of sp³-hybridized carbons (Fsp3) is 0.500. The van der Waals surface area contributed by atoms with Crippen molar-refractivity contribution in [2.45, 2.75) is 20.3 Å². The Morgan fingerprint density at radius 3 is 2.19 bits per heavy atom. The van der Waals surface area contributed by atoms with Gasteiger partial charge in [0.25, 0.3) is 0 Å². The van der Waals surface area contributed by atoms with Crippen LogP contribution in [0.5, 0.6) is 0 Å². The third kappa shape index (κ3) is 5.34. The molecule has 2 unspecified atom stereocenters. The van der Waals surface area contributed by atoms with E-state index in [2.05, 4.69) is 17.9 Å². The van der Waals surface area contributed by atoms with Crippen LogP contribution in [-0.4, -0.2) is 23.7 Å². The number of carboxylic acids is 1. The smallest absolute Gasteiger partial charge is 0.331 e. The van der Waals surface area contributed by atoms with Crippen LogP contribution in [0.3, 0.4) is 0 Å². The first-order chi connectivity index (χ1) is 7.43. The summed E-state index contributed by atoms with van der Waals surface area (Å²) in [4.78, 5) is 20.3. The Morgan fingerprint density at radius 1 is 1.56 bits per heavy atom. The molecule has 16 heavy (non-hydrogen) atoms. The molecule has 0 aromatic rings. The highest BCUT2D eigenvalue weighted by molar-refractivity contribution is 5.87. The predicted octanol–water partition coefficient (Wildman–Crippen LogP) is 2.02. The van der Waals surface area contributed by atoms with Gasteiger partial charge in [-0.3, -0.25) is 0 Å². The summed E-state index contributed by atoms with van der Waals surface area (Å²) < 4.78 is 4.43. The highest BCUT2D eigenvalue weighted by Gasteiger charge is 2.37. The van der Waals surface area contributed by atoms with Crippen LogP contribution in [0.15, 0.2) is 24.8 Å². The Kier molecular flexibility index (Phi) is 6.15. The number of carbonyl (C=O) groups excluding carboxylic acids is 1. The van der Waals surface area contributed by atoms with E-state index in [4.69, 9.17) is 5.11 Å². The average Bonchev–Trinajstić information content (AvgIpc) is 2.95. The number of ether oxygens (including phenoxy) is 1. The number of esters is 1. The zero-order valence-corrected chi connectivity index (χ0v) is 9.73. The van der Waals surface area contributed by atoms with Gasteiger partial charge in [-0.25, -0.2) is 9.59 Å². The number of carboxylic acid groups (broad SMARTS) is 1. The first-order valence-electron chi connectivity index (χ1n) is 5.15. The van der Waals surface area contributed by atoms with Crippen molar-refractivity contribution in [3.05, 3.63) is 24.8 Å². The van der Waals surface area contributed by atoms with Crippen molar-refractivity contribution >= 4 is 11.9 Å². The maximum Gasteiger partial charge on any atom is 0.331 e. The maximum absolute atomic E-state index is 10.2. The van der Waals surface area contributed by atoms with Gasteiger partial charge in [0, 0.05) is 11.6 Å². The second-order valence-corrected chi connectivity index (χ2v) is 3.61. The van der Waals surface area contributed by atoms with Gasteiger partial charge in [-0.1, -0.05) is 20.1 Å². The van der Waals surface area contributed by atoms with Crippen LogP contribution >= 0.6 is 0 Å². The fourth-order valence-corrected chi connectivity index (χ4v) is 1.17. The Morgan fingerprint density at radius 2 is 2.06 bits per heavy atom. The third-order valence-electron chi connectivity index (χ3n) is 2.29. The third-order valence-corrected chi connectivity index (χ3v) is 2.29. The molecule has 0 amide bonds. The summed E-state index contributed by atoms with van der Waals surface area (Å²) in [5, 5.41) is 8.41. The first-order valence-corrected chi connectivity index (χ1v) is 5.15. The molecule has 90 valence electrons. The van der Waals surface area contributed by atoms with Gasteiger partial charge in [0.2, 0.25) is 0 Å². The monoisotopic (exact) mass is 226 g/mol. The first kappa shape index (κ1) is 14.4. The molecule has 0 radical (unpaired) electrons. The summed E-state index contributed by atoms with van der Waals surface area (Å²) >= 11 is 0. The number of rotatable bonds is 4. The second kappa shape index (κ2) is 6.82. The maximum atomic E-state index is 10.2. The molecular weight excluding hydrogens is 208 g/mol. The molecule has 0 aromatic carbocycles. The van der Waals surface area contributed by atoms with Crippen LogP contribution in [0, 0.1) is 11.8 Å². The molecule has 0 aliphatic heterocycles. The molecule has 1 fully saturated rings. The lowest BCUT2D eigenvalue weighted by Gasteiger charge is -1.92. The van der Waals surface area contributed by atoms with E-state index in [1.165, 1.54) is 0 Å². The van der Waals surface area contributed by atoms with Gasteiger partial charge in [-0.2, -0.15) is 0 Å². The van der Waals surface area contributed by atoms with E-state index in [1.54, 1.807) is 6.92 Å². The van der Waals surface area contributed by atoms with E-state index in [1.807, 2.05) is 6.92 Å². The standard InChI is InChI=1S/C7H10O2.C5H8O2/c1-4-3-6(4)5(2)7(8)9;1-3-5(6)7-4-2/h4,6H,2-3H2,1H3,(H,8,9);3H,1,4H2,2H3. The number of hydrogen-bond donors (Lipinski definition) is 1. The van der Waals surface area contributed by atoms with Crippen LogP contribution in [-0.2, 0) is 14.3 Å². The van der Waals surface area contributed by atoms with Gasteiger partial charge in [-0.15, -0.1) is 0 Å². The minimum atomic E-state index is -0.843. The van der Waals surface area contributed by atoms with Gasteiger partial charge < -0.3 is 9.84 Å². The molecule has 0 spiro atoms. The molecule has 1 rings (SSSR count). The van der Waals surface area contributed by atoms with Crippen LogP contribution in [0.1, 0.15) is 20.3 Å². The fourth-order valence-electron chi connectivity index (χ4n) is 1.17. The van der Waals surface area contributed by atoms with Crippen molar-refractivity contribution in [1.82, 2.24) is 0 Å². The van der Waals surface area contributed by atoms with Crippen molar-refractivity contribution < 1.29 is 19.4 Å². The molecule has 1 saturated carbocycles. The van der Waals surface area contributed by atoms with E-state index < -0.39 is 5.97 Å². The minimum absolute atomic E-state index is 0.266. The molecular formula is C12H18O4. The van der Waals surface area contributed by atoms with Gasteiger partial charge in [0.1, 0.15) is 0 Å². The molecule has 0 aromatic heterocycles.